The SMILES string of the molecule is COC1C2O[Si](C(C)C)(C(C)C)O[Si](C(C)C)(C(C)C)OC[C@H]2O[C@H]1OC(=N)C(Cl)(Cl)Cl. The Morgan fingerprint density at radius 3 is 1.84 bits per heavy atom. The van der Waals surface area contributed by atoms with E-state index < -0.39 is 51.4 Å². The van der Waals surface area contributed by atoms with Crippen molar-refractivity contribution in [2.24, 2.45) is 0 Å². The molecule has 7 nitrogen and oxygen atoms in total. The van der Waals surface area contributed by atoms with Gasteiger partial charge in [-0.1, -0.05) is 90.2 Å². The lowest BCUT2D eigenvalue weighted by Gasteiger charge is -2.51. The highest BCUT2D eigenvalue weighted by Gasteiger charge is 2.62. The summed E-state index contributed by atoms with van der Waals surface area (Å²) >= 11 is 17.4. The Hall–Kier alpha value is 0.574. The summed E-state index contributed by atoms with van der Waals surface area (Å²) in [6.45, 7) is 17.5. The molecule has 12 heteroatoms. The minimum absolute atomic E-state index is 0.158. The summed E-state index contributed by atoms with van der Waals surface area (Å²) < 4.78 is 36.2. The van der Waals surface area contributed by atoms with Crippen LogP contribution < -0.4 is 0 Å². The van der Waals surface area contributed by atoms with E-state index in [2.05, 4.69) is 55.4 Å². The monoisotopic (exact) mass is 549 g/mol. The van der Waals surface area contributed by atoms with Crippen molar-refractivity contribution in [2.75, 3.05) is 13.7 Å². The zero-order valence-corrected chi connectivity index (χ0v) is 24.7. The molecule has 2 aliphatic heterocycles. The number of alkyl halides is 3. The van der Waals surface area contributed by atoms with Gasteiger partial charge >= 0.3 is 17.1 Å². The van der Waals surface area contributed by atoms with Gasteiger partial charge < -0.3 is 27.2 Å². The summed E-state index contributed by atoms with van der Waals surface area (Å²) in [5.74, 6) is -0.537. The number of hydrogen-bond donors (Lipinski definition) is 1. The molecule has 0 bridgehead atoms. The van der Waals surface area contributed by atoms with Crippen LogP contribution in [-0.2, 0) is 27.2 Å². The van der Waals surface area contributed by atoms with Crippen molar-refractivity contribution in [3.8, 4) is 0 Å². The van der Waals surface area contributed by atoms with E-state index in [1.165, 1.54) is 0 Å². The molecule has 0 aromatic heterocycles. The molecule has 32 heavy (non-hydrogen) atoms. The van der Waals surface area contributed by atoms with Gasteiger partial charge in [-0.2, -0.15) is 0 Å². The molecule has 0 aromatic rings. The smallest absolute Gasteiger partial charge is 0.335 e. The third-order valence-corrected chi connectivity index (χ3v) is 17.1. The standard InChI is InChI=1S/C20H38Cl3NO6Si2/c1-11(2)31(12(3)4)26-10-15-16(29-32(30-31,13(5)6)14(7)8)17(25-9)18(27-15)28-19(24)20(21,22)23/h11-18,24H,10H2,1-9H3/t15-,16?,17?,18+/m1/s1. The van der Waals surface area contributed by atoms with Crippen LogP contribution in [0.4, 0.5) is 0 Å². The van der Waals surface area contributed by atoms with Gasteiger partial charge in [0.25, 0.3) is 3.79 Å². The zero-order valence-electron chi connectivity index (χ0n) is 20.4. The van der Waals surface area contributed by atoms with Crippen LogP contribution in [0.2, 0.25) is 22.2 Å². The first-order valence-electron chi connectivity index (χ1n) is 11.1. The molecule has 2 aliphatic rings. The van der Waals surface area contributed by atoms with Crippen molar-refractivity contribution in [2.45, 2.75) is 106 Å². The lowest BCUT2D eigenvalue weighted by Crippen LogP contribution is -2.66. The Bertz CT molecular complexity index is 646. The molecule has 0 amide bonds. The zero-order chi connectivity index (χ0) is 24.6. The van der Waals surface area contributed by atoms with Crippen LogP contribution >= 0.6 is 34.8 Å². The number of methoxy groups -OCH3 is 1. The fourth-order valence-electron chi connectivity index (χ4n) is 4.63. The summed E-state index contributed by atoms with van der Waals surface area (Å²) in [5.41, 5.74) is 0.754. The van der Waals surface area contributed by atoms with E-state index in [1.807, 2.05) is 0 Å². The lowest BCUT2D eigenvalue weighted by atomic mass is 10.1. The second-order valence-corrected chi connectivity index (χ2v) is 20.9. The molecule has 0 spiro atoms. The van der Waals surface area contributed by atoms with Gasteiger partial charge in [0.2, 0.25) is 12.2 Å². The van der Waals surface area contributed by atoms with Crippen LogP contribution in [0.25, 0.3) is 0 Å². The van der Waals surface area contributed by atoms with Crippen LogP contribution in [0.3, 0.4) is 0 Å². The Labute approximate surface area is 209 Å². The molecule has 0 radical (unpaired) electrons. The van der Waals surface area contributed by atoms with E-state index in [0.717, 1.165) is 0 Å². The third-order valence-electron chi connectivity index (χ3n) is 6.36. The minimum atomic E-state index is -2.84. The molecule has 2 unspecified atom stereocenters. The highest BCUT2D eigenvalue weighted by atomic mass is 35.6. The van der Waals surface area contributed by atoms with E-state index in [0.29, 0.717) is 0 Å². The Morgan fingerprint density at radius 2 is 1.44 bits per heavy atom. The number of rotatable bonds is 6. The van der Waals surface area contributed by atoms with Gasteiger partial charge in [0, 0.05) is 7.11 Å². The Balaban J connectivity index is 2.51. The van der Waals surface area contributed by atoms with Crippen LogP contribution in [0, 0.1) is 5.41 Å². The average molecular weight is 551 g/mol. The fourth-order valence-corrected chi connectivity index (χ4v) is 16.0. The Kier molecular flexibility index (Phi) is 9.61. The molecule has 4 atom stereocenters. The van der Waals surface area contributed by atoms with E-state index in [9.17, 15) is 0 Å². The number of ether oxygens (including phenoxy) is 3. The summed E-state index contributed by atoms with van der Waals surface area (Å²) in [6, 6.07) is 0. The molecule has 188 valence electrons. The van der Waals surface area contributed by atoms with Gasteiger partial charge in [0.15, 0.2) is 0 Å². The highest BCUT2D eigenvalue weighted by Crippen LogP contribution is 2.48. The minimum Gasteiger partial charge on any atom is -0.445 e. The lowest BCUT2D eigenvalue weighted by molar-refractivity contribution is -0.131. The predicted molar refractivity (Wildman–Crippen MR) is 132 cm³/mol. The molecular weight excluding hydrogens is 513 g/mol. The van der Waals surface area contributed by atoms with Gasteiger partial charge in [-0.25, -0.2) is 0 Å². The van der Waals surface area contributed by atoms with Crippen molar-refractivity contribution >= 4 is 57.8 Å². The second-order valence-electron chi connectivity index (χ2n) is 9.75. The maximum atomic E-state index is 7.97. The van der Waals surface area contributed by atoms with Gasteiger partial charge in [0.05, 0.1) is 6.61 Å². The summed E-state index contributed by atoms with van der Waals surface area (Å²) in [4.78, 5) is 0. The summed E-state index contributed by atoms with van der Waals surface area (Å²) in [6.07, 6.45) is -2.58. The van der Waals surface area contributed by atoms with Gasteiger partial charge in [-0.3, -0.25) is 5.41 Å². The number of hydrogen-bond acceptors (Lipinski definition) is 7. The number of fused-ring (bicyclic) bond motifs is 1. The first-order valence-corrected chi connectivity index (χ1v) is 16.2. The molecule has 1 N–H and O–H groups in total. The Morgan fingerprint density at radius 1 is 0.938 bits per heavy atom. The van der Waals surface area contributed by atoms with Crippen molar-refractivity contribution in [3.63, 3.8) is 0 Å². The fraction of sp³-hybridized carbons (Fsp3) is 0.950. The van der Waals surface area contributed by atoms with Gasteiger partial charge in [-0.05, 0) is 22.2 Å². The molecule has 2 heterocycles. The van der Waals surface area contributed by atoms with Crippen molar-refractivity contribution < 1.29 is 27.2 Å². The molecule has 2 rings (SSSR count). The first-order chi connectivity index (χ1) is 14.6. The van der Waals surface area contributed by atoms with Crippen molar-refractivity contribution in [1.82, 2.24) is 0 Å². The molecule has 2 fully saturated rings. The molecule has 0 saturated carbocycles. The van der Waals surface area contributed by atoms with E-state index in [4.69, 9.17) is 67.4 Å². The maximum absolute atomic E-state index is 7.97. The molecule has 2 saturated heterocycles. The molecule has 0 aromatic carbocycles. The van der Waals surface area contributed by atoms with E-state index in [-0.39, 0.29) is 28.8 Å². The van der Waals surface area contributed by atoms with Crippen LogP contribution in [-0.4, -0.2) is 65.1 Å². The van der Waals surface area contributed by atoms with Crippen molar-refractivity contribution in [1.29, 1.82) is 5.41 Å². The second kappa shape index (κ2) is 10.7. The maximum Gasteiger partial charge on any atom is 0.335 e. The largest absolute Gasteiger partial charge is 0.445 e. The summed E-state index contributed by atoms with van der Waals surface area (Å²) in [5, 5.41) is 7.97. The van der Waals surface area contributed by atoms with E-state index >= 15 is 0 Å². The van der Waals surface area contributed by atoms with Crippen LogP contribution in [0.5, 0.6) is 0 Å². The number of halogens is 3. The number of nitrogens with one attached hydrogen (secondary N) is 1. The molecular formula is C20H38Cl3NO6Si2. The highest BCUT2D eigenvalue weighted by molar-refractivity contribution is 6.84. The first kappa shape index (κ1) is 28.8. The quantitative estimate of drug-likeness (QED) is 0.188. The average Bonchev–Trinajstić information content (AvgIpc) is 2.95. The third kappa shape index (κ3) is 5.52. The topological polar surface area (TPSA) is 79.2 Å². The van der Waals surface area contributed by atoms with E-state index in [1.54, 1.807) is 7.11 Å². The molecule has 0 aliphatic carbocycles. The van der Waals surface area contributed by atoms with Crippen LogP contribution in [0.1, 0.15) is 55.4 Å². The predicted octanol–water partition coefficient (Wildman–Crippen LogP) is 6.05. The van der Waals surface area contributed by atoms with Gasteiger partial charge in [-0.15, -0.1) is 0 Å². The summed E-state index contributed by atoms with van der Waals surface area (Å²) in [7, 11) is -3.98. The van der Waals surface area contributed by atoms with Crippen LogP contribution in [0.15, 0.2) is 0 Å². The van der Waals surface area contributed by atoms with Gasteiger partial charge in [0.1, 0.15) is 18.3 Å². The normalized spacial score (nSPS) is 30.5. The van der Waals surface area contributed by atoms with Crippen molar-refractivity contribution in [3.05, 3.63) is 0 Å².